The van der Waals surface area contributed by atoms with E-state index < -0.39 is 5.60 Å². The highest BCUT2D eigenvalue weighted by Crippen LogP contribution is 2.11. The SMILES string of the molecule is CC(C)(C)OC(=O)N1CCN(C(N)=NCCCCNc2ccccn2)CC1. The molecule has 0 unspecified atom stereocenters. The van der Waals surface area contributed by atoms with Crippen molar-refractivity contribution in [1.82, 2.24) is 14.8 Å². The zero-order valence-electron chi connectivity index (χ0n) is 16.6. The number of nitrogens with two attached hydrogens (primary N) is 1. The zero-order valence-corrected chi connectivity index (χ0v) is 16.6. The number of amides is 1. The van der Waals surface area contributed by atoms with E-state index in [1.54, 1.807) is 11.1 Å². The Morgan fingerprint density at radius 2 is 1.93 bits per heavy atom. The number of unbranched alkanes of at least 4 members (excludes halogenated alkanes) is 1. The maximum Gasteiger partial charge on any atom is 0.410 e. The number of nitrogens with zero attached hydrogens (tertiary/aromatic N) is 4. The minimum atomic E-state index is -0.472. The van der Waals surface area contributed by atoms with Crippen LogP contribution < -0.4 is 11.1 Å². The van der Waals surface area contributed by atoms with Crippen molar-refractivity contribution in [3.05, 3.63) is 24.4 Å². The lowest BCUT2D eigenvalue weighted by molar-refractivity contribution is 0.0186. The number of rotatable bonds is 6. The number of anilines is 1. The van der Waals surface area contributed by atoms with Gasteiger partial charge in [0.2, 0.25) is 0 Å². The fraction of sp³-hybridized carbons (Fsp3) is 0.632. The van der Waals surface area contributed by atoms with Crippen molar-refractivity contribution in [2.45, 2.75) is 39.2 Å². The minimum Gasteiger partial charge on any atom is -0.444 e. The molecule has 150 valence electrons. The van der Waals surface area contributed by atoms with E-state index in [-0.39, 0.29) is 6.09 Å². The van der Waals surface area contributed by atoms with E-state index >= 15 is 0 Å². The van der Waals surface area contributed by atoms with Crippen LogP contribution in [-0.2, 0) is 4.74 Å². The van der Waals surface area contributed by atoms with Crippen LogP contribution in [-0.4, -0.2) is 71.7 Å². The van der Waals surface area contributed by atoms with Gasteiger partial charge in [0.25, 0.3) is 0 Å². The van der Waals surface area contributed by atoms with Gasteiger partial charge in [-0.05, 0) is 45.7 Å². The number of carbonyl (C=O) groups excluding carboxylic acids is 1. The molecule has 8 nitrogen and oxygen atoms in total. The molecule has 27 heavy (non-hydrogen) atoms. The van der Waals surface area contributed by atoms with Gasteiger partial charge in [-0.15, -0.1) is 0 Å². The van der Waals surface area contributed by atoms with Crippen molar-refractivity contribution < 1.29 is 9.53 Å². The molecule has 0 aliphatic carbocycles. The van der Waals surface area contributed by atoms with Crippen LogP contribution in [0.4, 0.5) is 10.6 Å². The number of pyridine rings is 1. The lowest BCUT2D eigenvalue weighted by atomic mass is 10.2. The highest BCUT2D eigenvalue weighted by Gasteiger charge is 2.26. The first kappa shape index (κ1) is 20.8. The van der Waals surface area contributed by atoms with Gasteiger partial charge in [-0.25, -0.2) is 9.78 Å². The molecule has 1 amide bonds. The van der Waals surface area contributed by atoms with Gasteiger partial charge in [0.05, 0.1) is 0 Å². The summed E-state index contributed by atoms with van der Waals surface area (Å²) < 4.78 is 5.40. The number of aliphatic imine (C=N–C) groups is 1. The molecule has 0 radical (unpaired) electrons. The van der Waals surface area contributed by atoms with Crippen molar-refractivity contribution in [3.8, 4) is 0 Å². The highest BCUT2D eigenvalue weighted by molar-refractivity contribution is 5.78. The van der Waals surface area contributed by atoms with E-state index in [2.05, 4.69) is 15.3 Å². The van der Waals surface area contributed by atoms with E-state index in [0.717, 1.165) is 25.2 Å². The van der Waals surface area contributed by atoms with Crippen molar-refractivity contribution in [3.63, 3.8) is 0 Å². The summed E-state index contributed by atoms with van der Waals surface area (Å²) in [6.07, 6.45) is 3.46. The number of carbonyl (C=O) groups is 1. The van der Waals surface area contributed by atoms with E-state index in [1.165, 1.54) is 0 Å². The van der Waals surface area contributed by atoms with Gasteiger partial charge >= 0.3 is 6.09 Å². The third-order valence-electron chi connectivity index (χ3n) is 4.09. The lowest BCUT2D eigenvalue weighted by Gasteiger charge is -2.36. The predicted octanol–water partition coefficient (Wildman–Crippen LogP) is 2.14. The number of nitrogens with one attached hydrogen (secondary N) is 1. The lowest BCUT2D eigenvalue weighted by Crippen LogP contribution is -2.53. The van der Waals surface area contributed by atoms with Crippen LogP contribution >= 0.6 is 0 Å². The number of hydrogen-bond donors (Lipinski definition) is 2. The van der Waals surface area contributed by atoms with Crippen LogP contribution in [0.3, 0.4) is 0 Å². The second kappa shape index (κ2) is 9.99. The van der Waals surface area contributed by atoms with Crippen LogP contribution in [0.5, 0.6) is 0 Å². The molecule has 2 rings (SSSR count). The molecular formula is C19H32N6O2. The maximum atomic E-state index is 12.1. The standard InChI is InChI=1S/C19H32N6O2/c1-19(2,3)27-18(26)25-14-12-24(13-15-25)17(20)23-11-7-6-10-22-16-8-4-5-9-21-16/h4-5,8-9H,6-7,10-15H2,1-3H3,(H2,20,23)(H,21,22). The summed E-state index contributed by atoms with van der Waals surface area (Å²) in [4.78, 5) is 24.5. The summed E-state index contributed by atoms with van der Waals surface area (Å²) in [5.41, 5.74) is 5.62. The third-order valence-corrected chi connectivity index (χ3v) is 4.09. The van der Waals surface area contributed by atoms with E-state index in [4.69, 9.17) is 10.5 Å². The number of hydrogen-bond acceptors (Lipinski definition) is 5. The van der Waals surface area contributed by atoms with Gasteiger partial charge in [0.1, 0.15) is 11.4 Å². The van der Waals surface area contributed by atoms with Crippen molar-refractivity contribution in [1.29, 1.82) is 0 Å². The number of ether oxygens (including phenoxy) is 1. The summed E-state index contributed by atoms with van der Waals surface area (Å²) in [6, 6.07) is 5.81. The normalized spacial score (nSPS) is 15.6. The van der Waals surface area contributed by atoms with Gasteiger partial charge in [-0.3, -0.25) is 4.99 Å². The van der Waals surface area contributed by atoms with Gasteiger partial charge in [-0.2, -0.15) is 0 Å². The minimum absolute atomic E-state index is 0.266. The van der Waals surface area contributed by atoms with Gasteiger partial charge in [-0.1, -0.05) is 6.07 Å². The fourth-order valence-electron chi connectivity index (χ4n) is 2.66. The Bertz CT molecular complexity index is 606. The largest absolute Gasteiger partial charge is 0.444 e. The Morgan fingerprint density at radius 1 is 1.22 bits per heavy atom. The molecule has 0 bridgehead atoms. The topological polar surface area (TPSA) is 96.1 Å². The monoisotopic (exact) mass is 376 g/mol. The molecule has 8 heteroatoms. The Labute approximate surface area is 161 Å². The Hall–Kier alpha value is -2.51. The summed E-state index contributed by atoms with van der Waals surface area (Å²) in [5, 5.41) is 3.28. The average Bonchev–Trinajstić information content (AvgIpc) is 2.64. The van der Waals surface area contributed by atoms with Crippen LogP contribution in [0.15, 0.2) is 29.4 Å². The van der Waals surface area contributed by atoms with Crippen LogP contribution in [0.25, 0.3) is 0 Å². The number of piperazine rings is 1. The van der Waals surface area contributed by atoms with Crippen LogP contribution in [0.2, 0.25) is 0 Å². The Kier molecular flexibility index (Phi) is 7.69. The molecule has 2 heterocycles. The molecule has 1 aliphatic heterocycles. The average molecular weight is 377 g/mol. The Morgan fingerprint density at radius 3 is 2.56 bits per heavy atom. The molecule has 1 aromatic rings. The van der Waals surface area contributed by atoms with Crippen LogP contribution in [0.1, 0.15) is 33.6 Å². The maximum absolute atomic E-state index is 12.1. The fourth-order valence-corrected chi connectivity index (χ4v) is 2.66. The van der Waals surface area contributed by atoms with Gasteiger partial charge in [0, 0.05) is 45.5 Å². The molecule has 0 saturated carbocycles. The second-order valence-corrected chi connectivity index (χ2v) is 7.54. The summed E-state index contributed by atoms with van der Waals surface area (Å²) in [7, 11) is 0. The molecule has 1 aromatic heterocycles. The quantitative estimate of drug-likeness (QED) is 0.449. The smallest absolute Gasteiger partial charge is 0.410 e. The van der Waals surface area contributed by atoms with Crippen molar-refractivity contribution >= 4 is 17.9 Å². The van der Waals surface area contributed by atoms with E-state index in [1.807, 2.05) is 43.9 Å². The van der Waals surface area contributed by atoms with Gasteiger partial charge in [0.15, 0.2) is 5.96 Å². The first-order valence-corrected chi connectivity index (χ1v) is 9.53. The third kappa shape index (κ3) is 7.72. The van der Waals surface area contributed by atoms with Crippen molar-refractivity contribution in [2.24, 2.45) is 10.7 Å². The molecule has 0 spiro atoms. The molecule has 1 aliphatic rings. The predicted molar refractivity (Wildman–Crippen MR) is 108 cm³/mol. The van der Waals surface area contributed by atoms with E-state index in [0.29, 0.717) is 38.7 Å². The molecular weight excluding hydrogens is 344 g/mol. The molecule has 1 saturated heterocycles. The first-order valence-electron chi connectivity index (χ1n) is 9.53. The van der Waals surface area contributed by atoms with Crippen LogP contribution in [0, 0.1) is 0 Å². The second-order valence-electron chi connectivity index (χ2n) is 7.54. The summed E-state index contributed by atoms with van der Waals surface area (Å²) in [6.45, 7) is 9.72. The molecule has 0 atom stereocenters. The summed E-state index contributed by atoms with van der Waals surface area (Å²) in [5.74, 6) is 1.44. The van der Waals surface area contributed by atoms with Crippen molar-refractivity contribution in [2.75, 3.05) is 44.6 Å². The summed E-state index contributed by atoms with van der Waals surface area (Å²) >= 11 is 0. The number of aromatic nitrogens is 1. The highest BCUT2D eigenvalue weighted by atomic mass is 16.6. The first-order chi connectivity index (χ1) is 12.8. The van der Waals surface area contributed by atoms with Gasteiger partial charge < -0.3 is 25.6 Å². The molecule has 1 fully saturated rings. The Balaban J connectivity index is 1.62. The molecule has 0 aromatic carbocycles. The number of guanidine groups is 1. The zero-order chi connectivity index (χ0) is 19.7. The van der Waals surface area contributed by atoms with E-state index in [9.17, 15) is 4.79 Å². The molecule has 3 N–H and O–H groups in total.